The summed E-state index contributed by atoms with van der Waals surface area (Å²) in [5.41, 5.74) is 0. The average Bonchev–Trinajstić information content (AvgIpc) is 2.10. The van der Waals surface area contributed by atoms with Crippen molar-refractivity contribution >= 4 is 0 Å². The maximum absolute atomic E-state index is 8.90. The molecule has 1 atom stereocenters. The Morgan fingerprint density at radius 3 is 2.64 bits per heavy atom. The van der Waals surface area contributed by atoms with Crippen molar-refractivity contribution in [3.8, 4) is 0 Å². The first-order valence-corrected chi connectivity index (χ1v) is 6.18. The molecular formula is C12H25NO. The van der Waals surface area contributed by atoms with Crippen LogP contribution in [0.2, 0.25) is 0 Å². The minimum absolute atomic E-state index is 0.343. The summed E-state index contributed by atoms with van der Waals surface area (Å²) in [7, 11) is 0. The Kier molecular flexibility index (Phi) is 6.20. The Labute approximate surface area is 88.1 Å². The average molecular weight is 199 g/mol. The topological polar surface area (TPSA) is 32.3 Å². The van der Waals surface area contributed by atoms with Crippen molar-refractivity contribution in [3.05, 3.63) is 0 Å². The summed E-state index contributed by atoms with van der Waals surface area (Å²) in [5.74, 6) is 1.64. The van der Waals surface area contributed by atoms with Crippen LogP contribution in [0.4, 0.5) is 0 Å². The van der Waals surface area contributed by atoms with E-state index in [0.29, 0.717) is 12.5 Å². The molecular weight excluding hydrogens is 174 g/mol. The number of hydrogen-bond donors (Lipinski definition) is 2. The van der Waals surface area contributed by atoms with Gasteiger partial charge in [-0.2, -0.15) is 0 Å². The molecule has 1 aliphatic rings. The lowest BCUT2D eigenvalue weighted by Gasteiger charge is -2.26. The van der Waals surface area contributed by atoms with E-state index in [1.807, 2.05) is 0 Å². The normalized spacial score (nSPS) is 19.3. The summed E-state index contributed by atoms with van der Waals surface area (Å²) in [4.78, 5) is 0. The first-order valence-electron chi connectivity index (χ1n) is 6.18. The third-order valence-electron chi connectivity index (χ3n) is 3.33. The molecule has 1 rings (SSSR count). The van der Waals surface area contributed by atoms with Gasteiger partial charge in [-0.3, -0.25) is 0 Å². The SMILES string of the molecule is CCCC(CCO)CNCC1CCC1. The van der Waals surface area contributed by atoms with Gasteiger partial charge in [-0.25, -0.2) is 0 Å². The number of rotatable bonds is 8. The number of hydrogen-bond acceptors (Lipinski definition) is 2. The van der Waals surface area contributed by atoms with Crippen molar-refractivity contribution in [2.75, 3.05) is 19.7 Å². The lowest BCUT2D eigenvalue weighted by Crippen LogP contribution is -2.31. The van der Waals surface area contributed by atoms with E-state index >= 15 is 0 Å². The molecule has 2 nitrogen and oxygen atoms in total. The van der Waals surface area contributed by atoms with E-state index in [2.05, 4.69) is 12.2 Å². The summed E-state index contributed by atoms with van der Waals surface area (Å²) in [6.07, 6.45) is 7.72. The first-order chi connectivity index (χ1) is 6.86. The fourth-order valence-corrected chi connectivity index (χ4v) is 2.13. The van der Waals surface area contributed by atoms with E-state index in [-0.39, 0.29) is 0 Å². The van der Waals surface area contributed by atoms with Gasteiger partial charge in [0.15, 0.2) is 0 Å². The highest BCUT2D eigenvalue weighted by atomic mass is 16.3. The van der Waals surface area contributed by atoms with Gasteiger partial charge >= 0.3 is 0 Å². The molecule has 84 valence electrons. The van der Waals surface area contributed by atoms with Gasteiger partial charge in [-0.15, -0.1) is 0 Å². The molecule has 0 radical (unpaired) electrons. The minimum Gasteiger partial charge on any atom is -0.396 e. The Balaban J connectivity index is 1.99. The van der Waals surface area contributed by atoms with Gasteiger partial charge in [-0.05, 0) is 50.6 Å². The van der Waals surface area contributed by atoms with Crippen molar-refractivity contribution in [3.63, 3.8) is 0 Å². The van der Waals surface area contributed by atoms with E-state index in [0.717, 1.165) is 18.9 Å². The van der Waals surface area contributed by atoms with Gasteiger partial charge in [0, 0.05) is 6.61 Å². The van der Waals surface area contributed by atoms with Crippen LogP contribution in [0.5, 0.6) is 0 Å². The minimum atomic E-state index is 0.343. The first kappa shape index (κ1) is 12.0. The van der Waals surface area contributed by atoms with Crippen LogP contribution in [-0.4, -0.2) is 24.8 Å². The second kappa shape index (κ2) is 7.24. The van der Waals surface area contributed by atoms with Crippen molar-refractivity contribution in [1.29, 1.82) is 0 Å². The van der Waals surface area contributed by atoms with E-state index in [1.54, 1.807) is 0 Å². The predicted molar refractivity (Wildman–Crippen MR) is 60.3 cm³/mol. The largest absolute Gasteiger partial charge is 0.396 e. The van der Waals surface area contributed by atoms with Crippen LogP contribution in [0, 0.1) is 11.8 Å². The molecule has 1 saturated carbocycles. The highest BCUT2D eigenvalue weighted by Crippen LogP contribution is 2.25. The summed E-state index contributed by atoms with van der Waals surface area (Å²) < 4.78 is 0. The number of aliphatic hydroxyl groups excluding tert-OH is 1. The quantitative estimate of drug-likeness (QED) is 0.628. The van der Waals surface area contributed by atoms with Crippen LogP contribution in [-0.2, 0) is 0 Å². The Bertz CT molecular complexity index is 128. The van der Waals surface area contributed by atoms with Crippen molar-refractivity contribution in [1.82, 2.24) is 5.32 Å². The lowest BCUT2D eigenvalue weighted by atomic mass is 9.85. The van der Waals surface area contributed by atoms with Crippen LogP contribution in [0.3, 0.4) is 0 Å². The fourth-order valence-electron chi connectivity index (χ4n) is 2.13. The summed E-state index contributed by atoms with van der Waals surface area (Å²) in [5, 5.41) is 12.4. The molecule has 0 heterocycles. The van der Waals surface area contributed by atoms with Crippen molar-refractivity contribution < 1.29 is 5.11 Å². The van der Waals surface area contributed by atoms with Crippen LogP contribution >= 0.6 is 0 Å². The van der Waals surface area contributed by atoms with E-state index in [1.165, 1.54) is 38.6 Å². The van der Waals surface area contributed by atoms with Crippen LogP contribution < -0.4 is 5.32 Å². The van der Waals surface area contributed by atoms with E-state index < -0.39 is 0 Å². The van der Waals surface area contributed by atoms with E-state index in [4.69, 9.17) is 5.11 Å². The molecule has 0 aromatic heterocycles. The molecule has 0 amide bonds. The van der Waals surface area contributed by atoms with E-state index in [9.17, 15) is 0 Å². The Morgan fingerprint density at radius 2 is 2.14 bits per heavy atom. The third-order valence-corrected chi connectivity index (χ3v) is 3.33. The van der Waals surface area contributed by atoms with Crippen LogP contribution in [0.15, 0.2) is 0 Å². The van der Waals surface area contributed by atoms with Crippen LogP contribution in [0.1, 0.15) is 45.4 Å². The van der Waals surface area contributed by atoms with Crippen molar-refractivity contribution in [2.45, 2.75) is 45.4 Å². The lowest BCUT2D eigenvalue weighted by molar-refractivity contribution is 0.240. The van der Waals surface area contributed by atoms with Gasteiger partial charge < -0.3 is 10.4 Å². The monoisotopic (exact) mass is 199 g/mol. The molecule has 0 aromatic rings. The summed E-state index contributed by atoms with van der Waals surface area (Å²) >= 11 is 0. The molecule has 2 N–H and O–H groups in total. The molecule has 2 heteroatoms. The van der Waals surface area contributed by atoms with Gasteiger partial charge in [-0.1, -0.05) is 19.8 Å². The van der Waals surface area contributed by atoms with Gasteiger partial charge in [0.05, 0.1) is 0 Å². The Morgan fingerprint density at radius 1 is 1.36 bits per heavy atom. The molecule has 0 bridgehead atoms. The fraction of sp³-hybridized carbons (Fsp3) is 1.00. The molecule has 1 aliphatic carbocycles. The molecule has 0 aliphatic heterocycles. The van der Waals surface area contributed by atoms with Gasteiger partial charge in [0.2, 0.25) is 0 Å². The standard InChI is InChI=1S/C12H25NO/c1-2-4-11(7-8-14)9-13-10-12-5-3-6-12/h11-14H,2-10H2,1H3. The molecule has 0 spiro atoms. The van der Waals surface area contributed by atoms with Crippen molar-refractivity contribution in [2.24, 2.45) is 11.8 Å². The second-order valence-electron chi connectivity index (χ2n) is 4.62. The van der Waals surface area contributed by atoms with Gasteiger partial charge in [0.25, 0.3) is 0 Å². The molecule has 1 fully saturated rings. The molecule has 0 aromatic carbocycles. The molecule has 1 unspecified atom stereocenters. The van der Waals surface area contributed by atoms with Crippen LogP contribution in [0.25, 0.3) is 0 Å². The molecule has 14 heavy (non-hydrogen) atoms. The van der Waals surface area contributed by atoms with Gasteiger partial charge in [0.1, 0.15) is 0 Å². The zero-order valence-electron chi connectivity index (χ0n) is 9.47. The predicted octanol–water partition coefficient (Wildman–Crippen LogP) is 2.17. The zero-order valence-corrected chi connectivity index (χ0v) is 9.47. The second-order valence-corrected chi connectivity index (χ2v) is 4.62. The highest BCUT2D eigenvalue weighted by molar-refractivity contribution is 4.72. The number of nitrogens with one attached hydrogen (secondary N) is 1. The molecule has 0 saturated heterocycles. The highest BCUT2D eigenvalue weighted by Gasteiger charge is 2.17. The maximum Gasteiger partial charge on any atom is 0.0434 e. The maximum atomic E-state index is 8.90. The number of aliphatic hydroxyl groups is 1. The smallest absolute Gasteiger partial charge is 0.0434 e. The summed E-state index contributed by atoms with van der Waals surface area (Å²) in [6.45, 7) is 4.86. The Hall–Kier alpha value is -0.0800. The third kappa shape index (κ3) is 4.43. The summed E-state index contributed by atoms with van der Waals surface area (Å²) in [6, 6.07) is 0. The zero-order chi connectivity index (χ0) is 10.2.